The molecule has 0 fully saturated rings. The number of halogens is 1. The van der Waals surface area contributed by atoms with Crippen molar-refractivity contribution in [2.75, 3.05) is 29.9 Å². The number of nitrogens with one attached hydrogen (secondary N) is 1. The molecule has 0 saturated carbocycles. The van der Waals surface area contributed by atoms with Gasteiger partial charge in [0.25, 0.3) is 0 Å². The van der Waals surface area contributed by atoms with Crippen LogP contribution in [0, 0.1) is 5.82 Å². The predicted octanol–water partition coefficient (Wildman–Crippen LogP) is 4.25. The van der Waals surface area contributed by atoms with Gasteiger partial charge in [-0.1, -0.05) is 24.3 Å². The zero-order chi connectivity index (χ0) is 14.7. The number of hydrogen-bond donors (Lipinski definition) is 1. The van der Waals surface area contributed by atoms with Crippen LogP contribution in [-0.2, 0) is 0 Å². The maximum Gasteiger partial charge on any atom is 0.125 e. The fourth-order valence-corrected chi connectivity index (χ4v) is 3.10. The number of hydrogen-bond acceptors (Lipinski definition) is 2. The number of fused-ring (bicyclic) bond motifs is 1. The first-order valence-electron chi connectivity index (χ1n) is 7.61. The van der Waals surface area contributed by atoms with Gasteiger partial charge < -0.3 is 10.2 Å². The minimum atomic E-state index is -0.170. The molecule has 1 unspecified atom stereocenters. The molecule has 0 amide bonds. The minimum absolute atomic E-state index is 0.170. The molecule has 1 atom stereocenters. The quantitative estimate of drug-likeness (QED) is 0.903. The molecule has 3 rings (SSSR count). The molecule has 0 aliphatic carbocycles. The van der Waals surface area contributed by atoms with Gasteiger partial charge in [0.05, 0.1) is 0 Å². The Hall–Kier alpha value is -2.03. The number of anilines is 2. The Bertz CT molecular complexity index is 612. The fraction of sp³-hybridized carbons (Fsp3) is 0.333. The lowest BCUT2D eigenvalue weighted by atomic mass is 9.90. The SMILES string of the molecule is CCN(CC1CCNc2ccccc21)c1cccc(F)c1. The first-order valence-corrected chi connectivity index (χ1v) is 7.61. The van der Waals surface area contributed by atoms with E-state index in [4.69, 9.17) is 0 Å². The van der Waals surface area contributed by atoms with Crippen LogP contribution in [0.3, 0.4) is 0 Å². The fourth-order valence-electron chi connectivity index (χ4n) is 3.10. The van der Waals surface area contributed by atoms with Crippen molar-refractivity contribution >= 4 is 11.4 Å². The number of nitrogens with zero attached hydrogens (tertiary/aromatic N) is 1. The maximum atomic E-state index is 13.4. The van der Waals surface area contributed by atoms with E-state index < -0.39 is 0 Å². The Kier molecular flexibility index (Phi) is 4.09. The molecule has 0 saturated heterocycles. The van der Waals surface area contributed by atoms with Gasteiger partial charge in [-0.05, 0) is 43.2 Å². The molecule has 110 valence electrons. The summed E-state index contributed by atoms with van der Waals surface area (Å²) >= 11 is 0. The van der Waals surface area contributed by atoms with Gasteiger partial charge in [-0.15, -0.1) is 0 Å². The number of rotatable bonds is 4. The molecule has 0 radical (unpaired) electrons. The van der Waals surface area contributed by atoms with Gasteiger partial charge in [-0.3, -0.25) is 0 Å². The van der Waals surface area contributed by atoms with Crippen molar-refractivity contribution < 1.29 is 4.39 Å². The smallest absolute Gasteiger partial charge is 0.125 e. The van der Waals surface area contributed by atoms with E-state index in [1.54, 1.807) is 12.1 Å². The molecule has 21 heavy (non-hydrogen) atoms. The molecule has 0 spiro atoms. The summed E-state index contributed by atoms with van der Waals surface area (Å²) in [6.45, 7) is 4.94. The summed E-state index contributed by atoms with van der Waals surface area (Å²) in [5.74, 6) is 0.322. The molecule has 2 aromatic rings. The van der Waals surface area contributed by atoms with Crippen LogP contribution in [0.4, 0.5) is 15.8 Å². The van der Waals surface area contributed by atoms with Crippen molar-refractivity contribution in [3.05, 3.63) is 59.9 Å². The molecule has 2 aromatic carbocycles. The van der Waals surface area contributed by atoms with E-state index in [1.165, 1.54) is 17.3 Å². The lowest BCUT2D eigenvalue weighted by Gasteiger charge is -2.32. The summed E-state index contributed by atoms with van der Waals surface area (Å²) in [5.41, 5.74) is 3.58. The van der Waals surface area contributed by atoms with Gasteiger partial charge in [0.1, 0.15) is 5.82 Å². The van der Waals surface area contributed by atoms with Crippen molar-refractivity contribution in [3.63, 3.8) is 0 Å². The predicted molar refractivity (Wildman–Crippen MR) is 86.6 cm³/mol. The van der Waals surface area contributed by atoms with Crippen molar-refractivity contribution in [1.29, 1.82) is 0 Å². The highest BCUT2D eigenvalue weighted by molar-refractivity contribution is 5.56. The molecule has 0 bridgehead atoms. The zero-order valence-electron chi connectivity index (χ0n) is 12.3. The van der Waals surface area contributed by atoms with E-state index in [9.17, 15) is 4.39 Å². The van der Waals surface area contributed by atoms with E-state index in [0.717, 1.165) is 31.7 Å². The summed E-state index contributed by atoms with van der Waals surface area (Å²) < 4.78 is 13.4. The lowest BCUT2D eigenvalue weighted by molar-refractivity contribution is 0.600. The third-order valence-electron chi connectivity index (χ3n) is 4.20. The van der Waals surface area contributed by atoms with E-state index in [-0.39, 0.29) is 5.82 Å². The van der Waals surface area contributed by atoms with Crippen molar-refractivity contribution in [3.8, 4) is 0 Å². The summed E-state index contributed by atoms with van der Waals surface area (Å²) in [7, 11) is 0. The van der Waals surface area contributed by atoms with Crippen LogP contribution >= 0.6 is 0 Å². The van der Waals surface area contributed by atoms with Crippen molar-refractivity contribution in [1.82, 2.24) is 0 Å². The lowest BCUT2D eigenvalue weighted by Crippen LogP contribution is -2.31. The van der Waals surface area contributed by atoms with E-state index in [0.29, 0.717) is 5.92 Å². The Balaban J connectivity index is 1.82. The highest BCUT2D eigenvalue weighted by atomic mass is 19.1. The second-order valence-electron chi connectivity index (χ2n) is 5.52. The van der Waals surface area contributed by atoms with Gasteiger partial charge >= 0.3 is 0 Å². The Morgan fingerprint density at radius 1 is 1.19 bits per heavy atom. The van der Waals surface area contributed by atoms with Crippen molar-refractivity contribution in [2.24, 2.45) is 0 Å². The number of benzene rings is 2. The second kappa shape index (κ2) is 6.17. The van der Waals surface area contributed by atoms with Gasteiger partial charge in [-0.25, -0.2) is 4.39 Å². The monoisotopic (exact) mass is 284 g/mol. The van der Waals surface area contributed by atoms with Gasteiger partial charge in [0.15, 0.2) is 0 Å². The molecule has 1 N–H and O–H groups in total. The summed E-state index contributed by atoms with van der Waals surface area (Å²) in [6, 6.07) is 15.4. The van der Waals surface area contributed by atoms with Crippen molar-refractivity contribution in [2.45, 2.75) is 19.3 Å². The Morgan fingerprint density at radius 3 is 2.86 bits per heavy atom. The summed E-state index contributed by atoms with van der Waals surface area (Å²) in [6.07, 6.45) is 1.11. The first-order chi connectivity index (χ1) is 10.3. The minimum Gasteiger partial charge on any atom is -0.385 e. The molecule has 3 heteroatoms. The molecule has 1 heterocycles. The molecular weight excluding hydrogens is 263 g/mol. The van der Waals surface area contributed by atoms with Crippen LogP contribution in [0.15, 0.2) is 48.5 Å². The van der Waals surface area contributed by atoms with E-state index in [1.807, 2.05) is 6.07 Å². The summed E-state index contributed by atoms with van der Waals surface area (Å²) in [5, 5.41) is 3.45. The number of para-hydroxylation sites is 1. The van der Waals surface area contributed by atoms with Gasteiger partial charge in [-0.2, -0.15) is 0 Å². The van der Waals surface area contributed by atoms with Gasteiger partial charge in [0.2, 0.25) is 0 Å². The van der Waals surface area contributed by atoms with E-state index >= 15 is 0 Å². The van der Waals surface area contributed by atoms with Crippen LogP contribution in [0.2, 0.25) is 0 Å². The third-order valence-corrected chi connectivity index (χ3v) is 4.20. The second-order valence-corrected chi connectivity index (χ2v) is 5.52. The topological polar surface area (TPSA) is 15.3 Å². The Morgan fingerprint density at radius 2 is 2.05 bits per heavy atom. The van der Waals surface area contributed by atoms with Gasteiger partial charge in [0, 0.05) is 36.9 Å². The average Bonchev–Trinajstić information content (AvgIpc) is 2.52. The standard InChI is InChI=1S/C18H21FN2/c1-2-21(16-7-5-6-15(19)12-16)13-14-10-11-20-18-9-4-3-8-17(14)18/h3-9,12,14,20H,2,10-11,13H2,1H3. The molecule has 1 aliphatic rings. The average molecular weight is 284 g/mol. The zero-order valence-corrected chi connectivity index (χ0v) is 12.3. The number of likely N-dealkylation sites (N-methyl/N-ethyl adjacent to an activating group) is 1. The van der Waals surface area contributed by atoms with Crippen LogP contribution < -0.4 is 10.2 Å². The molecule has 1 aliphatic heterocycles. The molecule has 2 nitrogen and oxygen atoms in total. The molecular formula is C18H21FN2. The summed E-state index contributed by atoms with van der Waals surface area (Å²) in [4.78, 5) is 2.26. The highest BCUT2D eigenvalue weighted by Crippen LogP contribution is 2.32. The van der Waals surface area contributed by atoms with Crippen LogP contribution in [0.5, 0.6) is 0 Å². The maximum absolute atomic E-state index is 13.4. The normalized spacial score (nSPS) is 17.0. The van der Waals surface area contributed by atoms with E-state index in [2.05, 4.69) is 41.4 Å². The highest BCUT2D eigenvalue weighted by Gasteiger charge is 2.21. The third kappa shape index (κ3) is 3.02. The Labute approximate surface area is 125 Å². The van der Waals surface area contributed by atoms with Crippen LogP contribution in [0.25, 0.3) is 0 Å². The van der Waals surface area contributed by atoms with Crippen LogP contribution in [-0.4, -0.2) is 19.6 Å². The van der Waals surface area contributed by atoms with Crippen LogP contribution in [0.1, 0.15) is 24.8 Å². The first kappa shape index (κ1) is 13.9. The largest absolute Gasteiger partial charge is 0.385 e. The molecule has 0 aromatic heterocycles.